The Balaban J connectivity index is 1.78. The molecule has 0 aromatic heterocycles. The predicted octanol–water partition coefficient (Wildman–Crippen LogP) is 5.73. The Labute approximate surface area is 137 Å². The van der Waals surface area contributed by atoms with Crippen LogP contribution < -0.4 is 5.32 Å². The van der Waals surface area contributed by atoms with Crippen molar-refractivity contribution in [1.29, 1.82) is 0 Å². The van der Waals surface area contributed by atoms with Crippen molar-refractivity contribution in [2.75, 3.05) is 5.32 Å². The minimum absolute atomic E-state index is 0.332. The fourth-order valence-corrected chi connectivity index (χ4v) is 4.09. The maximum absolute atomic E-state index is 6.20. The standard InChI is InChI=1S/C20H20ClN/c1-2-13-9-10-19-18(11-13)16-7-4-8-17(16)20(22-19)14-5-3-6-15(21)12-14/h3-7,9-12,16-17,20,22H,2,8H2,1H3/t16-,17-,20-/m1/s1. The van der Waals surface area contributed by atoms with Crippen molar-refractivity contribution < 1.29 is 0 Å². The predicted molar refractivity (Wildman–Crippen MR) is 93.6 cm³/mol. The number of aryl methyl sites for hydroxylation is 1. The highest BCUT2D eigenvalue weighted by Crippen LogP contribution is 2.50. The summed E-state index contributed by atoms with van der Waals surface area (Å²) < 4.78 is 0. The third-order valence-corrected chi connectivity index (χ3v) is 5.28. The molecule has 0 saturated heterocycles. The van der Waals surface area contributed by atoms with Crippen LogP contribution in [0, 0.1) is 5.92 Å². The van der Waals surface area contributed by atoms with E-state index in [0.717, 1.165) is 17.9 Å². The molecule has 0 bridgehead atoms. The zero-order chi connectivity index (χ0) is 15.1. The Morgan fingerprint density at radius 1 is 1.18 bits per heavy atom. The Morgan fingerprint density at radius 2 is 2.09 bits per heavy atom. The van der Waals surface area contributed by atoms with Crippen LogP contribution in [-0.4, -0.2) is 0 Å². The van der Waals surface area contributed by atoms with Crippen LogP contribution in [0.25, 0.3) is 0 Å². The Bertz CT molecular complexity index is 734. The molecule has 0 fully saturated rings. The maximum Gasteiger partial charge on any atom is 0.0554 e. The van der Waals surface area contributed by atoms with Gasteiger partial charge in [-0.2, -0.15) is 0 Å². The molecule has 1 aliphatic carbocycles. The van der Waals surface area contributed by atoms with E-state index in [4.69, 9.17) is 11.6 Å². The van der Waals surface area contributed by atoms with Crippen molar-refractivity contribution in [1.82, 2.24) is 0 Å². The lowest BCUT2D eigenvalue weighted by atomic mass is 9.76. The van der Waals surface area contributed by atoms with E-state index < -0.39 is 0 Å². The molecule has 112 valence electrons. The molecule has 2 heteroatoms. The lowest BCUT2D eigenvalue weighted by Gasteiger charge is -2.37. The zero-order valence-electron chi connectivity index (χ0n) is 12.7. The molecule has 1 heterocycles. The summed E-state index contributed by atoms with van der Waals surface area (Å²) in [6, 6.07) is 15.5. The summed E-state index contributed by atoms with van der Waals surface area (Å²) in [7, 11) is 0. The van der Waals surface area contributed by atoms with Gasteiger partial charge >= 0.3 is 0 Å². The number of rotatable bonds is 2. The molecule has 2 aromatic carbocycles. The first-order chi connectivity index (χ1) is 10.8. The van der Waals surface area contributed by atoms with E-state index in [-0.39, 0.29) is 0 Å². The molecule has 1 aliphatic heterocycles. The topological polar surface area (TPSA) is 12.0 Å². The first kappa shape index (κ1) is 13.9. The lowest BCUT2D eigenvalue weighted by Crippen LogP contribution is -2.29. The number of fused-ring (bicyclic) bond motifs is 3. The molecule has 2 aliphatic rings. The third kappa shape index (κ3) is 2.24. The first-order valence-electron chi connectivity index (χ1n) is 8.07. The quantitative estimate of drug-likeness (QED) is 0.699. The van der Waals surface area contributed by atoms with Gasteiger partial charge in [0.1, 0.15) is 0 Å². The largest absolute Gasteiger partial charge is 0.378 e. The summed E-state index contributed by atoms with van der Waals surface area (Å²) in [6.07, 6.45) is 6.94. The average molecular weight is 310 g/mol. The molecule has 0 unspecified atom stereocenters. The second kappa shape index (κ2) is 5.48. The summed E-state index contributed by atoms with van der Waals surface area (Å²) >= 11 is 6.20. The van der Waals surface area contributed by atoms with Gasteiger partial charge in [-0.15, -0.1) is 0 Å². The second-order valence-electron chi connectivity index (χ2n) is 6.31. The van der Waals surface area contributed by atoms with Crippen LogP contribution in [0.5, 0.6) is 0 Å². The Kier molecular flexibility index (Phi) is 3.46. The molecule has 1 N–H and O–H groups in total. The summed E-state index contributed by atoms with van der Waals surface area (Å²) in [4.78, 5) is 0. The van der Waals surface area contributed by atoms with Gasteiger partial charge in [0.2, 0.25) is 0 Å². The molecular formula is C20H20ClN. The van der Waals surface area contributed by atoms with Crippen LogP contribution in [0.15, 0.2) is 54.6 Å². The van der Waals surface area contributed by atoms with E-state index in [2.05, 4.69) is 54.7 Å². The van der Waals surface area contributed by atoms with Gasteiger partial charge in [-0.1, -0.05) is 54.9 Å². The molecule has 4 rings (SSSR count). The van der Waals surface area contributed by atoms with Crippen LogP contribution in [0.3, 0.4) is 0 Å². The molecule has 0 amide bonds. The highest BCUT2D eigenvalue weighted by molar-refractivity contribution is 6.30. The van der Waals surface area contributed by atoms with Crippen molar-refractivity contribution in [3.8, 4) is 0 Å². The highest BCUT2D eigenvalue weighted by Gasteiger charge is 2.37. The maximum atomic E-state index is 6.20. The van der Waals surface area contributed by atoms with Crippen LogP contribution in [0.2, 0.25) is 5.02 Å². The van der Waals surface area contributed by atoms with Gasteiger partial charge in [0.05, 0.1) is 6.04 Å². The number of anilines is 1. The highest BCUT2D eigenvalue weighted by atomic mass is 35.5. The molecular weight excluding hydrogens is 290 g/mol. The Hall–Kier alpha value is -1.73. The smallest absolute Gasteiger partial charge is 0.0554 e. The fourth-order valence-electron chi connectivity index (χ4n) is 3.89. The number of halogens is 1. The third-order valence-electron chi connectivity index (χ3n) is 5.04. The molecule has 1 nitrogen and oxygen atoms in total. The number of hydrogen-bond donors (Lipinski definition) is 1. The zero-order valence-corrected chi connectivity index (χ0v) is 13.5. The van der Waals surface area contributed by atoms with Crippen molar-refractivity contribution in [2.45, 2.75) is 31.7 Å². The van der Waals surface area contributed by atoms with Gasteiger partial charge in [0.15, 0.2) is 0 Å². The monoisotopic (exact) mass is 309 g/mol. The molecule has 0 saturated carbocycles. The summed E-state index contributed by atoms with van der Waals surface area (Å²) in [5, 5.41) is 4.58. The minimum Gasteiger partial charge on any atom is -0.378 e. The van der Waals surface area contributed by atoms with Crippen LogP contribution in [0.1, 0.15) is 42.0 Å². The number of benzene rings is 2. The molecule has 3 atom stereocenters. The SMILES string of the molecule is CCc1ccc2c(c1)[C@@H]1C=CC[C@H]1[C@@H](c1cccc(Cl)c1)N2. The van der Waals surface area contributed by atoms with Crippen molar-refractivity contribution >= 4 is 17.3 Å². The van der Waals surface area contributed by atoms with Crippen molar-refractivity contribution in [3.63, 3.8) is 0 Å². The van der Waals surface area contributed by atoms with E-state index in [1.54, 1.807) is 0 Å². The van der Waals surface area contributed by atoms with Gasteiger partial charge in [-0.25, -0.2) is 0 Å². The Morgan fingerprint density at radius 3 is 2.91 bits per heavy atom. The van der Waals surface area contributed by atoms with E-state index in [1.165, 1.54) is 22.4 Å². The molecule has 0 radical (unpaired) electrons. The van der Waals surface area contributed by atoms with Gasteiger partial charge in [-0.3, -0.25) is 0 Å². The summed E-state index contributed by atoms with van der Waals surface area (Å²) in [6.45, 7) is 2.22. The molecule has 22 heavy (non-hydrogen) atoms. The fraction of sp³-hybridized carbons (Fsp3) is 0.300. The number of hydrogen-bond acceptors (Lipinski definition) is 1. The number of nitrogens with one attached hydrogen (secondary N) is 1. The van der Waals surface area contributed by atoms with E-state index in [9.17, 15) is 0 Å². The summed E-state index contributed by atoms with van der Waals surface area (Å²) in [5.41, 5.74) is 5.43. The van der Waals surface area contributed by atoms with Crippen LogP contribution in [-0.2, 0) is 6.42 Å². The van der Waals surface area contributed by atoms with E-state index in [0.29, 0.717) is 17.9 Å². The minimum atomic E-state index is 0.332. The lowest BCUT2D eigenvalue weighted by molar-refractivity contribution is 0.425. The van der Waals surface area contributed by atoms with Crippen LogP contribution in [0.4, 0.5) is 5.69 Å². The van der Waals surface area contributed by atoms with Gasteiger partial charge < -0.3 is 5.32 Å². The van der Waals surface area contributed by atoms with E-state index >= 15 is 0 Å². The summed E-state index contributed by atoms with van der Waals surface area (Å²) in [5.74, 6) is 1.10. The van der Waals surface area contributed by atoms with Gasteiger partial charge in [0, 0.05) is 16.6 Å². The van der Waals surface area contributed by atoms with Crippen LogP contribution >= 0.6 is 11.6 Å². The van der Waals surface area contributed by atoms with Crippen molar-refractivity contribution in [3.05, 3.63) is 76.3 Å². The molecule has 2 aromatic rings. The normalized spacial score (nSPS) is 25.5. The van der Waals surface area contributed by atoms with E-state index in [1.807, 2.05) is 12.1 Å². The van der Waals surface area contributed by atoms with Gasteiger partial charge in [0.25, 0.3) is 0 Å². The van der Waals surface area contributed by atoms with Gasteiger partial charge in [-0.05, 0) is 53.6 Å². The average Bonchev–Trinajstić information content (AvgIpc) is 3.03. The number of allylic oxidation sites excluding steroid dienone is 2. The second-order valence-corrected chi connectivity index (χ2v) is 6.74. The first-order valence-corrected chi connectivity index (χ1v) is 8.45. The molecule has 0 spiro atoms. The van der Waals surface area contributed by atoms with Crippen molar-refractivity contribution in [2.24, 2.45) is 5.92 Å².